The predicted octanol–water partition coefficient (Wildman–Crippen LogP) is 6.14. The average Bonchev–Trinajstić information content (AvgIpc) is 3.13. The molecule has 0 aromatic heterocycles. The Balaban J connectivity index is 1.53. The van der Waals surface area contributed by atoms with Crippen molar-refractivity contribution < 1.29 is 19.0 Å². The van der Waals surface area contributed by atoms with Crippen LogP contribution in [0, 0.1) is 0 Å². The first kappa shape index (κ1) is 21.3. The van der Waals surface area contributed by atoms with Gasteiger partial charge >= 0.3 is 5.97 Å². The molecule has 1 heterocycles. The number of carbonyl (C=O) groups excluding carboxylic acids is 1. The number of esters is 1. The molecule has 31 heavy (non-hydrogen) atoms. The molecule has 0 spiro atoms. The monoisotopic (exact) mass is 541 g/mol. The zero-order chi connectivity index (χ0) is 21.8. The van der Waals surface area contributed by atoms with E-state index < -0.39 is 5.97 Å². The zero-order valence-electron chi connectivity index (χ0n) is 16.5. The molecule has 0 amide bonds. The van der Waals surface area contributed by atoms with Crippen molar-refractivity contribution in [2.24, 2.45) is 4.99 Å². The molecule has 7 heteroatoms. The van der Waals surface area contributed by atoms with Crippen LogP contribution in [0.1, 0.15) is 16.7 Å². The van der Waals surface area contributed by atoms with Gasteiger partial charge in [-0.15, -0.1) is 0 Å². The van der Waals surface area contributed by atoms with Crippen molar-refractivity contribution in [1.82, 2.24) is 0 Å². The van der Waals surface area contributed by atoms with Crippen molar-refractivity contribution in [1.29, 1.82) is 0 Å². The number of ether oxygens (including phenoxy) is 3. The second kappa shape index (κ2) is 9.49. The molecule has 0 atom stereocenters. The van der Waals surface area contributed by atoms with Crippen LogP contribution in [0.25, 0.3) is 6.08 Å². The van der Waals surface area contributed by atoms with E-state index in [-0.39, 0.29) is 11.6 Å². The number of halogens is 2. The second-order valence-electron chi connectivity index (χ2n) is 6.67. The van der Waals surface area contributed by atoms with Gasteiger partial charge in [0.2, 0.25) is 5.90 Å². The van der Waals surface area contributed by atoms with Gasteiger partial charge in [-0.3, -0.25) is 0 Å². The highest BCUT2D eigenvalue weighted by molar-refractivity contribution is 9.10. The maximum Gasteiger partial charge on any atom is 0.363 e. The van der Waals surface area contributed by atoms with E-state index >= 15 is 0 Å². The van der Waals surface area contributed by atoms with Crippen LogP contribution in [0.4, 0.5) is 0 Å². The number of nitrogens with zero attached hydrogens (tertiary/aromatic N) is 1. The lowest BCUT2D eigenvalue weighted by Gasteiger charge is -2.11. The maximum absolute atomic E-state index is 12.3. The van der Waals surface area contributed by atoms with E-state index in [4.69, 9.17) is 14.2 Å². The summed E-state index contributed by atoms with van der Waals surface area (Å²) in [6.07, 6.45) is 1.66. The van der Waals surface area contributed by atoms with E-state index in [0.29, 0.717) is 18.1 Å². The van der Waals surface area contributed by atoms with Crippen molar-refractivity contribution >= 4 is 49.8 Å². The molecule has 3 aromatic rings. The fourth-order valence-corrected chi connectivity index (χ4v) is 3.67. The molecule has 156 valence electrons. The lowest BCUT2D eigenvalue weighted by molar-refractivity contribution is -0.129. The summed E-state index contributed by atoms with van der Waals surface area (Å²) in [5.41, 5.74) is 2.74. The SMILES string of the molecule is COc1cc(/C=C2\N=C(c3ccc(Br)cc3)OC2=O)ccc1OCc1cccc(Br)c1. The Morgan fingerprint density at radius 1 is 0.968 bits per heavy atom. The van der Waals surface area contributed by atoms with E-state index in [9.17, 15) is 4.79 Å². The van der Waals surface area contributed by atoms with E-state index in [1.807, 2.05) is 60.7 Å². The second-order valence-corrected chi connectivity index (χ2v) is 8.50. The lowest BCUT2D eigenvalue weighted by Crippen LogP contribution is -2.05. The van der Waals surface area contributed by atoms with Gasteiger partial charge in [0.15, 0.2) is 17.2 Å². The minimum absolute atomic E-state index is 0.225. The number of hydrogen-bond donors (Lipinski definition) is 0. The highest BCUT2D eigenvalue weighted by atomic mass is 79.9. The van der Waals surface area contributed by atoms with Gasteiger partial charge in [0.05, 0.1) is 7.11 Å². The van der Waals surface area contributed by atoms with Gasteiger partial charge in [0.1, 0.15) is 6.61 Å². The van der Waals surface area contributed by atoms with Crippen molar-refractivity contribution in [3.05, 3.63) is 98.1 Å². The number of methoxy groups -OCH3 is 1. The summed E-state index contributed by atoms with van der Waals surface area (Å²) < 4.78 is 18.6. The molecule has 0 fully saturated rings. The maximum atomic E-state index is 12.3. The molecule has 0 saturated heterocycles. The number of benzene rings is 3. The van der Waals surface area contributed by atoms with E-state index in [1.54, 1.807) is 19.3 Å². The van der Waals surface area contributed by atoms with Crippen molar-refractivity contribution in [3.8, 4) is 11.5 Å². The van der Waals surface area contributed by atoms with Crippen LogP contribution in [0.15, 0.2) is 86.4 Å². The summed E-state index contributed by atoms with van der Waals surface area (Å²) >= 11 is 6.84. The number of aliphatic imine (C=N–C) groups is 1. The Kier molecular flexibility index (Phi) is 6.53. The third kappa shape index (κ3) is 5.24. The summed E-state index contributed by atoms with van der Waals surface area (Å²) in [7, 11) is 1.58. The van der Waals surface area contributed by atoms with Gasteiger partial charge in [0.25, 0.3) is 0 Å². The average molecular weight is 543 g/mol. The molecule has 0 saturated carbocycles. The first-order valence-corrected chi connectivity index (χ1v) is 10.9. The lowest BCUT2D eigenvalue weighted by atomic mass is 10.1. The molecule has 0 unspecified atom stereocenters. The van der Waals surface area contributed by atoms with Crippen LogP contribution < -0.4 is 9.47 Å². The predicted molar refractivity (Wildman–Crippen MR) is 126 cm³/mol. The standard InChI is InChI=1S/C24H17Br2NO4/c1-29-22-13-15(5-10-21(22)30-14-16-3-2-4-19(26)11-16)12-20-24(28)31-23(27-20)17-6-8-18(25)9-7-17/h2-13H,14H2,1H3/b20-12-. The van der Waals surface area contributed by atoms with Gasteiger partial charge in [-0.2, -0.15) is 0 Å². The Labute approximate surface area is 196 Å². The number of rotatable bonds is 6. The number of hydrogen-bond acceptors (Lipinski definition) is 5. The topological polar surface area (TPSA) is 57.1 Å². The molecule has 0 aliphatic carbocycles. The van der Waals surface area contributed by atoms with Crippen LogP contribution in [-0.4, -0.2) is 19.0 Å². The van der Waals surface area contributed by atoms with Gasteiger partial charge in [-0.05, 0) is 65.7 Å². The van der Waals surface area contributed by atoms with Crippen LogP contribution in [0.3, 0.4) is 0 Å². The summed E-state index contributed by atoms with van der Waals surface area (Å²) in [4.78, 5) is 16.6. The minimum atomic E-state index is -0.494. The van der Waals surface area contributed by atoms with Gasteiger partial charge in [0, 0.05) is 14.5 Å². The quantitative estimate of drug-likeness (QED) is 0.277. The molecule has 4 rings (SSSR count). The third-order valence-electron chi connectivity index (χ3n) is 4.49. The molecular weight excluding hydrogens is 526 g/mol. The Morgan fingerprint density at radius 3 is 2.52 bits per heavy atom. The molecule has 0 N–H and O–H groups in total. The van der Waals surface area contributed by atoms with E-state index in [0.717, 1.165) is 25.6 Å². The van der Waals surface area contributed by atoms with Gasteiger partial charge < -0.3 is 14.2 Å². The van der Waals surface area contributed by atoms with Crippen LogP contribution in [0.5, 0.6) is 11.5 Å². The fraction of sp³-hybridized carbons (Fsp3) is 0.0833. The fourth-order valence-electron chi connectivity index (χ4n) is 2.96. The molecule has 0 radical (unpaired) electrons. The number of cyclic esters (lactones) is 1. The molecular formula is C24H17Br2NO4. The summed E-state index contributed by atoms with van der Waals surface area (Å²) in [5, 5.41) is 0. The Bertz CT molecular complexity index is 1190. The largest absolute Gasteiger partial charge is 0.493 e. The first-order valence-electron chi connectivity index (χ1n) is 9.35. The van der Waals surface area contributed by atoms with E-state index in [2.05, 4.69) is 36.9 Å². The van der Waals surface area contributed by atoms with Crippen molar-refractivity contribution in [2.75, 3.05) is 7.11 Å². The zero-order valence-corrected chi connectivity index (χ0v) is 19.6. The molecule has 0 bridgehead atoms. The van der Waals surface area contributed by atoms with Crippen molar-refractivity contribution in [3.63, 3.8) is 0 Å². The first-order chi connectivity index (χ1) is 15.0. The molecule has 1 aliphatic heterocycles. The molecule has 1 aliphatic rings. The summed E-state index contributed by atoms with van der Waals surface area (Å²) in [6.45, 7) is 0.406. The minimum Gasteiger partial charge on any atom is -0.493 e. The van der Waals surface area contributed by atoms with Crippen LogP contribution in [0.2, 0.25) is 0 Å². The summed E-state index contributed by atoms with van der Waals surface area (Å²) in [5.74, 6) is 0.960. The molecule has 3 aromatic carbocycles. The highest BCUT2D eigenvalue weighted by Gasteiger charge is 2.24. The van der Waals surface area contributed by atoms with E-state index in [1.165, 1.54) is 0 Å². The molecule has 5 nitrogen and oxygen atoms in total. The van der Waals surface area contributed by atoms with Crippen molar-refractivity contribution in [2.45, 2.75) is 6.61 Å². The number of carbonyl (C=O) groups is 1. The van der Waals surface area contributed by atoms with Gasteiger partial charge in [-0.1, -0.05) is 50.1 Å². The van der Waals surface area contributed by atoms with Gasteiger partial charge in [-0.25, -0.2) is 9.79 Å². The normalized spacial score (nSPS) is 14.4. The highest BCUT2D eigenvalue weighted by Crippen LogP contribution is 2.30. The Morgan fingerprint density at radius 2 is 1.77 bits per heavy atom. The van der Waals surface area contributed by atoms with Crippen LogP contribution in [-0.2, 0) is 16.1 Å². The third-order valence-corrected chi connectivity index (χ3v) is 5.51. The summed E-state index contributed by atoms with van der Waals surface area (Å²) in [6, 6.07) is 20.7. The van der Waals surface area contributed by atoms with Crippen LogP contribution >= 0.6 is 31.9 Å². The Hall–Kier alpha value is -2.90. The smallest absolute Gasteiger partial charge is 0.363 e.